The quantitative estimate of drug-likeness (QED) is 0.509. The maximum atomic E-state index is 11.2. The van der Waals surface area contributed by atoms with Crippen molar-refractivity contribution in [2.75, 3.05) is 0 Å². The van der Waals surface area contributed by atoms with Crippen molar-refractivity contribution in [3.8, 4) is 0 Å². The minimum absolute atomic E-state index is 0.125. The molecule has 0 saturated carbocycles. The molecule has 3 aromatic carbocycles. The lowest BCUT2D eigenvalue weighted by Gasteiger charge is -2.03. The van der Waals surface area contributed by atoms with Crippen LogP contribution in [0.5, 0.6) is 0 Å². The van der Waals surface area contributed by atoms with Gasteiger partial charge >= 0.3 is 0 Å². The summed E-state index contributed by atoms with van der Waals surface area (Å²) in [5.41, 5.74) is 7.38. The third-order valence-corrected chi connectivity index (χ3v) is 4.40. The van der Waals surface area contributed by atoms with E-state index in [0.717, 1.165) is 18.4 Å². The van der Waals surface area contributed by atoms with Crippen molar-refractivity contribution in [1.82, 2.24) is 0 Å². The van der Waals surface area contributed by atoms with Gasteiger partial charge in [0.25, 0.3) is 0 Å². The topological polar surface area (TPSA) is 17.1 Å². The van der Waals surface area contributed by atoms with E-state index in [2.05, 4.69) is 69.3 Å². The number of carbonyl (C=O) groups is 1. The molecule has 134 valence electrons. The minimum Gasteiger partial charge on any atom is -0.295 e. The van der Waals surface area contributed by atoms with Crippen molar-refractivity contribution >= 4 is 5.78 Å². The van der Waals surface area contributed by atoms with E-state index < -0.39 is 0 Å². The van der Waals surface area contributed by atoms with Crippen molar-refractivity contribution in [1.29, 1.82) is 0 Å². The Kier molecular flexibility index (Phi) is 7.35. The number of ketones is 1. The first-order valence-corrected chi connectivity index (χ1v) is 9.13. The first-order chi connectivity index (χ1) is 12.4. The number of benzene rings is 3. The molecule has 0 atom stereocenters. The predicted octanol–water partition coefficient (Wildman–Crippen LogP) is 6.29. The monoisotopic (exact) mass is 344 g/mol. The van der Waals surface area contributed by atoms with Crippen LogP contribution < -0.4 is 0 Å². The van der Waals surface area contributed by atoms with Gasteiger partial charge in [-0.3, -0.25) is 4.79 Å². The second-order valence-corrected chi connectivity index (χ2v) is 6.89. The molecular formula is C25H28O. The molecule has 0 aliphatic carbocycles. The highest BCUT2D eigenvalue weighted by Gasteiger charge is 2.00. The van der Waals surface area contributed by atoms with Crippen LogP contribution in [0.1, 0.15) is 45.1 Å². The van der Waals surface area contributed by atoms with Crippen LogP contribution in [0.2, 0.25) is 0 Å². The Balaban J connectivity index is 0.000000254. The van der Waals surface area contributed by atoms with Crippen LogP contribution in [0.15, 0.2) is 72.8 Å². The zero-order valence-electron chi connectivity index (χ0n) is 16.3. The standard InChI is InChI=1S/C17H18O.C8H10/c1-13-3-5-15(6-4-13)7-8-16-9-11-17(12-10-16)14(2)18;1-7-3-5-8(2)6-4-7/h3-6,9-12H,7-8H2,1-2H3;3-6H,1-2H3. The molecule has 3 rings (SSSR count). The van der Waals surface area contributed by atoms with Crippen molar-refractivity contribution in [3.63, 3.8) is 0 Å². The molecule has 0 heterocycles. The number of carbonyl (C=O) groups excluding carboxylic acids is 1. The molecule has 0 spiro atoms. The number of Topliss-reactive ketones (excluding diaryl/α,β-unsaturated/α-hetero) is 1. The zero-order chi connectivity index (χ0) is 18.9. The van der Waals surface area contributed by atoms with Gasteiger partial charge in [0, 0.05) is 5.56 Å². The highest BCUT2D eigenvalue weighted by Crippen LogP contribution is 2.10. The SMILES string of the molecule is CC(=O)c1ccc(CCc2ccc(C)cc2)cc1.Cc1ccc(C)cc1. The highest BCUT2D eigenvalue weighted by molar-refractivity contribution is 5.93. The summed E-state index contributed by atoms with van der Waals surface area (Å²) in [5, 5.41) is 0. The van der Waals surface area contributed by atoms with Crippen LogP contribution in [0.25, 0.3) is 0 Å². The van der Waals surface area contributed by atoms with Crippen LogP contribution in [0.4, 0.5) is 0 Å². The summed E-state index contributed by atoms with van der Waals surface area (Å²) < 4.78 is 0. The largest absolute Gasteiger partial charge is 0.295 e. The average molecular weight is 344 g/mol. The molecule has 3 aromatic rings. The second kappa shape index (κ2) is 9.72. The normalized spacial score (nSPS) is 10.0. The first-order valence-electron chi connectivity index (χ1n) is 9.13. The fourth-order valence-electron chi connectivity index (χ4n) is 2.59. The molecule has 0 fully saturated rings. The molecule has 1 heteroatoms. The third kappa shape index (κ3) is 6.68. The summed E-state index contributed by atoms with van der Waals surface area (Å²) in [5.74, 6) is 0.125. The molecule has 0 unspecified atom stereocenters. The van der Waals surface area contributed by atoms with E-state index >= 15 is 0 Å². The van der Waals surface area contributed by atoms with E-state index in [1.54, 1.807) is 6.92 Å². The van der Waals surface area contributed by atoms with Crippen LogP contribution in [-0.2, 0) is 12.8 Å². The fourth-order valence-corrected chi connectivity index (χ4v) is 2.59. The lowest BCUT2D eigenvalue weighted by Crippen LogP contribution is -1.94. The lowest BCUT2D eigenvalue weighted by molar-refractivity contribution is 0.101. The summed E-state index contributed by atoms with van der Waals surface area (Å²) in [7, 11) is 0. The van der Waals surface area contributed by atoms with Gasteiger partial charge in [-0.2, -0.15) is 0 Å². The van der Waals surface area contributed by atoms with Gasteiger partial charge in [0.2, 0.25) is 0 Å². The van der Waals surface area contributed by atoms with Gasteiger partial charge in [0.05, 0.1) is 0 Å². The van der Waals surface area contributed by atoms with Gasteiger partial charge < -0.3 is 0 Å². The van der Waals surface area contributed by atoms with Crippen LogP contribution in [-0.4, -0.2) is 5.78 Å². The van der Waals surface area contributed by atoms with Crippen LogP contribution >= 0.6 is 0 Å². The summed E-state index contributed by atoms with van der Waals surface area (Å²) in [4.78, 5) is 11.2. The first kappa shape index (κ1) is 19.7. The molecule has 0 aliphatic rings. The highest BCUT2D eigenvalue weighted by atomic mass is 16.1. The minimum atomic E-state index is 0.125. The van der Waals surface area contributed by atoms with E-state index in [1.165, 1.54) is 27.8 Å². The van der Waals surface area contributed by atoms with Gasteiger partial charge in [0.1, 0.15) is 0 Å². The summed E-state index contributed by atoms with van der Waals surface area (Å²) in [6, 6.07) is 25.0. The number of rotatable bonds is 4. The van der Waals surface area contributed by atoms with E-state index in [9.17, 15) is 4.79 Å². The summed E-state index contributed by atoms with van der Waals surface area (Å²) >= 11 is 0. The Morgan fingerprint density at radius 2 is 0.885 bits per heavy atom. The van der Waals surface area contributed by atoms with Gasteiger partial charge in [-0.15, -0.1) is 0 Å². The van der Waals surface area contributed by atoms with Crippen molar-refractivity contribution in [3.05, 3.63) is 106 Å². The van der Waals surface area contributed by atoms with Gasteiger partial charge in [-0.25, -0.2) is 0 Å². The maximum absolute atomic E-state index is 11.2. The van der Waals surface area contributed by atoms with Crippen molar-refractivity contribution < 1.29 is 4.79 Å². The smallest absolute Gasteiger partial charge is 0.159 e. The van der Waals surface area contributed by atoms with E-state index in [1.807, 2.05) is 24.3 Å². The van der Waals surface area contributed by atoms with Gasteiger partial charge in [0.15, 0.2) is 5.78 Å². The molecular weight excluding hydrogens is 316 g/mol. The maximum Gasteiger partial charge on any atom is 0.159 e. The van der Waals surface area contributed by atoms with Crippen molar-refractivity contribution in [2.45, 2.75) is 40.5 Å². The molecule has 0 aromatic heterocycles. The second-order valence-electron chi connectivity index (χ2n) is 6.89. The molecule has 0 N–H and O–H groups in total. The molecule has 0 aliphatic heterocycles. The zero-order valence-corrected chi connectivity index (χ0v) is 16.3. The Hall–Kier alpha value is -2.67. The van der Waals surface area contributed by atoms with E-state index in [4.69, 9.17) is 0 Å². The number of hydrogen-bond acceptors (Lipinski definition) is 1. The Morgan fingerprint density at radius 3 is 1.23 bits per heavy atom. The van der Waals surface area contributed by atoms with E-state index in [-0.39, 0.29) is 5.78 Å². The fraction of sp³-hybridized carbons (Fsp3) is 0.240. The molecule has 1 nitrogen and oxygen atoms in total. The molecule has 0 saturated heterocycles. The lowest BCUT2D eigenvalue weighted by atomic mass is 10.0. The van der Waals surface area contributed by atoms with Gasteiger partial charge in [-0.05, 0) is 51.7 Å². The Morgan fingerprint density at radius 1 is 0.577 bits per heavy atom. The van der Waals surface area contributed by atoms with E-state index in [0.29, 0.717) is 0 Å². The summed E-state index contributed by atoms with van der Waals surface area (Å²) in [6.45, 7) is 7.89. The van der Waals surface area contributed by atoms with Crippen LogP contribution in [0.3, 0.4) is 0 Å². The molecule has 0 bridgehead atoms. The van der Waals surface area contributed by atoms with Crippen LogP contribution in [0, 0.1) is 20.8 Å². The average Bonchev–Trinajstić information content (AvgIpc) is 2.64. The van der Waals surface area contributed by atoms with Crippen molar-refractivity contribution in [2.24, 2.45) is 0 Å². The Labute approximate surface area is 157 Å². The summed E-state index contributed by atoms with van der Waals surface area (Å²) in [6.07, 6.45) is 2.06. The predicted molar refractivity (Wildman–Crippen MR) is 111 cm³/mol. The third-order valence-electron chi connectivity index (χ3n) is 4.40. The number of hydrogen-bond donors (Lipinski definition) is 0. The molecule has 0 radical (unpaired) electrons. The van der Waals surface area contributed by atoms with Gasteiger partial charge in [-0.1, -0.05) is 89.5 Å². The molecule has 0 amide bonds. The molecule has 26 heavy (non-hydrogen) atoms. The number of aryl methyl sites for hydroxylation is 5. The Bertz CT molecular complexity index is 789.